The lowest BCUT2D eigenvalue weighted by molar-refractivity contribution is -0.273. The maximum atomic E-state index is 12.9. The van der Waals surface area contributed by atoms with Gasteiger partial charge in [0.15, 0.2) is 17.3 Å². The quantitative estimate of drug-likeness (QED) is 0.347. The predicted molar refractivity (Wildman–Crippen MR) is 178 cm³/mol. The molecule has 1 aromatic rings. The van der Waals surface area contributed by atoms with Crippen LogP contribution in [0.1, 0.15) is 104 Å². The van der Waals surface area contributed by atoms with Gasteiger partial charge in [0.25, 0.3) is 0 Å². The molecule has 1 aromatic carbocycles. The summed E-state index contributed by atoms with van der Waals surface area (Å²) in [4.78, 5) is 25.5. The summed E-state index contributed by atoms with van der Waals surface area (Å²) in [6.45, 7) is 11.5. The normalized spacial score (nSPS) is 44.6. The van der Waals surface area contributed by atoms with Gasteiger partial charge < -0.3 is 29.6 Å². The number of hydrogen-bond donors (Lipinski definition) is 2. The van der Waals surface area contributed by atoms with Gasteiger partial charge in [0.1, 0.15) is 6.42 Å². The fraction of sp³-hybridized carbons (Fsp3) is 0.795. The van der Waals surface area contributed by atoms with Crippen LogP contribution in [0.25, 0.3) is 0 Å². The Bertz CT molecular complexity index is 1370. The summed E-state index contributed by atoms with van der Waals surface area (Å²) in [5.74, 6) is 5.44. The lowest BCUT2D eigenvalue weighted by Crippen LogP contribution is -2.56. The van der Waals surface area contributed by atoms with Crippen molar-refractivity contribution in [3.8, 4) is 11.5 Å². The topological polar surface area (TPSA) is 95.1 Å². The molecule has 47 heavy (non-hydrogen) atoms. The number of rotatable bonds is 6. The first-order valence-electron chi connectivity index (χ1n) is 18.8. The van der Waals surface area contributed by atoms with Crippen LogP contribution in [0.4, 0.5) is 0 Å². The summed E-state index contributed by atoms with van der Waals surface area (Å²) < 4.78 is 24.3. The first-order valence-corrected chi connectivity index (χ1v) is 18.8. The number of fused-ring (bicyclic) bond motifs is 8. The van der Waals surface area contributed by atoms with Crippen molar-refractivity contribution in [1.29, 1.82) is 0 Å². The van der Waals surface area contributed by atoms with Crippen molar-refractivity contribution in [3.63, 3.8) is 0 Å². The third-order valence-corrected chi connectivity index (χ3v) is 14.8. The molecule has 0 bridgehead atoms. The van der Waals surface area contributed by atoms with E-state index in [0.717, 1.165) is 60.7 Å². The molecule has 3 heterocycles. The summed E-state index contributed by atoms with van der Waals surface area (Å²) in [6.07, 6.45) is 12.8. The zero-order chi connectivity index (χ0) is 32.6. The number of hydrogen-bond acceptors (Lipinski definition) is 6. The number of benzene rings is 1. The molecule has 3 aliphatic heterocycles. The second-order valence-electron chi connectivity index (χ2n) is 17.2. The van der Waals surface area contributed by atoms with Crippen molar-refractivity contribution in [3.05, 3.63) is 23.8 Å². The molecule has 7 aliphatic rings. The molecule has 2 N–H and O–H groups in total. The molecule has 0 aromatic heterocycles. The van der Waals surface area contributed by atoms with Crippen LogP contribution >= 0.6 is 0 Å². The maximum absolute atomic E-state index is 12.9. The van der Waals surface area contributed by atoms with E-state index >= 15 is 0 Å². The predicted octanol–water partition coefficient (Wildman–Crippen LogP) is 6.40. The molecule has 258 valence electrons. The van der Waals surface area contributed by atoms with E-state index in [0.29, 0.717) is 53.6 Å². The number of nitrogens with one attached hydrogen (secondary N) is 2. The molecule has 4 saturated carbocycles. The van der Waals surface area contributed by atoms with Crippen LogP contribution in [-0.4, -0.2) is 49.7 Å². The van der Waals surface area contributed by atoms with Gasteiger partial charge in [0.2, 0.25) is 18.6 Å². The summed E-state index contributed by atoms with van der Waals surface area (Å²) in [5, 5.41) is 6.17. The van der Waals surface area contributed by atoms with Crippen LogP contribution in [0.3, 0.4) is 0 Å². The van der Waals surface area contributed by atoms with Crippen molar-refractivity contribution < 1.29 is 28.5 Å². The molecular formula is C39H56N2O6. The average molecular weight is 649 g/mol. The van der Waals surface area contributed by atoms with Crippen LogP contribution in [0.15, 0.2) is 18.2 Å². The van der Waals surface area contributed by atoms with Crippen molar-refractivity contribution >= 4 is 11.8 Å². The molecule has 12 atom stereocenters. The van der Waals surface area contributed by atoms with E-state index < -0.39 is 0 Å². The molecule has 1 spiro atoms. The fourth-order valence-electron chi connectivity index (χ4n) is 12.3. The van der Waals surface area contributed by atoms with Gasteiger partial charge in [-0.05, 0) is 128 Å². The molecule has 2 saturated heterocycles. The van der Waals surface area contributed by atoms with Gasteiger partial charge in [-0.1, -0.05) is 33.8 Å². The first-order chi connectivity index (χ1) is 22.6. The smallest absolute Gasteiger partial charge is 0.231 e. The van der Waals surface area contributed by atoms with E-state index in [1.807, 2.05) is 18.2 Å². The fourth-order valence-corrected chi connectivity index (χ4v) is 12.3. The molecule has 0 radical (unpaired) electrons. The summed E-state index contributed by atoms with van der Waals surface area (Å²) >= 11 is 0. The Kier molecular flexibility index (Phi) is 8.10. The van der Waals surface area contributed by atoms with Crippen LogP contribution in [-0.2, 0) is 25.5 Å². The van der Waals surface area contributed by atoms with Crippen LogP contribution in [0.5, 0.6) is 11.5 Å². The van der Waals surface area contributed by atoms with Gasteiger partial charge in [-0.25, -0.2) is 0 Å². The number of carbonyl (C=O) groups excluding carboxylic acids is 2. The highest BCUT2D eigenvalue weighted by atomic mass is 16.7. The molecule has 8 nitrogen and oxygen atoms in total. The Morgan fingerprint density at radius 2 is 1.72 bits per heavy atom. The minimum atomic E-state index is -0.339. The van der Waals surface area contributed by atoms with E-state index in [-0.39, 0.29) is 36.9 Å². The van der Waals surface area contributed by atoms with E-state index in [2.05, 4.69) is 38.3 Å². The van der Waals surface area contributed by atoms with Crippen molar-refractivity contribution in [2.75, 3.05) is 19.9 Å². The minimum absolute atomic E-state index is 0.112. The van der Waals surface area contributed by atoms with Crippen LogP contribution in [0, 0.1) is 52.3 Å². The number of ether oxygens (including phenoxy) is 4. The third kappa shape index (κ3) is 5.39. The molecule has 8 rings (SSSR count). The van der Waals surface area contributed by atoms with Gasteiger partial charge in [-0.3, -0.25) is 9.59 Å². The van der Waals surface area contributed by atoms with Crippen molar-refractivity contribution in [2.24, 2.45) is 52.3 Å². The third-order valence-electron chi connectivity index (χ3n) is 14.8. The Balaban J connectivity index is 0.832. The second kappa shape index (κ2) is 11.9. The van der Waals surface area contributed by atoms with E-state index in [1.165, 1.54) is 44.9 Å². The van der Waals surface area contributed by atoms with Gasteiger partial charge >= 0.3 is 0 Å². The Hall–Kier alpha value is -2.32. The van der Waals surface area contributed by atoms with Crippen molar-refractivity contribution in [2.45, 2.75) is 123 Å². The largest absolute Gasteiger partial charge is 0.454 e. The second-order valence-corrected chi connectivity index (χ2v) is 17.2. The van der Waals surface area contributed by atoms with Gasteiger partial charge in [0, 0.05) is 24.9 Å². The SMILES string of the molecule is C[C@@H]1CC[C@@]2(OC1)O[C@H]1C[C@H]3[C@@H]4CC[C@H]5C[C@@H](NC(=O)CC(=O)NCCc6ccc7c(c6)OCO7)CC[C@]5(C)[C@H]4CC[C@]3(C)[C@H]1[C@@H]2C. The number of amides is 2. The van der Waals surface area contributed by atoms with Gasteiger partial charge in [-0.2, -0.15) is 0 Å². The van der Waals surface area contributed by atoms with Crippen LogP contribution in [0.2, 0.25) is 0 Å². The minimum Gasteiger partial charge on any atom is -0.454 e. The molecule has 8 heteroatoms. The lowest BCUT2D eigenvalue weighted by Gasteiger charge is -2.61. The zero-order valence-electron chi connectivity index (χ0n) is 29.0. The highest BCUT2D eigenvalue weighted by molar-refractivity contribution is 5.96. The molecule has 6 fully saturated rings. The van der Waals surface area contributed by atoms with Crippen molar-refractivity contribution in [1.82, 2.24) is 10.6 Å². The van der Waals surface area contributed by atoms with E-state index in [4.69, 9.17) is 18.9 Å². The zero-order valence-corrected chi connectivity index (χ0v) is 29.0. The molecular weight excluding hydrogens is 592 g/mol. The monoisotopic (exact) mass is 648 g/mol. The number of carbonyl (C=O) groups is 2. The average Bonchev–Trinajstić information content (AvgIpc) is 3.70. The molecule has 0 unspecified atom stereocenters. The highest BCUT2D eigenvalue weighted by Crippen LogP contribution is 2.71. The summed E-state index contributed by atoms with van der Waals surface area (Å²) in [6, 6.07) is 6.00. The standard InChI is InChI=1S/C39H56N2O6/c1-23-9-15-39(46-21-23)24(2)36-33(47-39)19-30-28-7-6-26-18-27(10-13-37(26,3)29(28)11-14-38(30,36)4)41-35(43)20-34(42)40-16-12-25-5-8-31-32(17-25)45-22-44-31/h5,8,17,23-24,26-30,33,36H,6-7,9-16,18-22H2,1-4H3,(H,40,42)(H,41,43)/t23-,24+,26+,27+,28-,29+,30+,33+,36+,37+,38+,39-/m1/s1. The first kappa shape index (κ1) is 31.9. The Morgan fingerprint density at radius 1 is 0.894 bits per heavy atom. The molecule has 4 aliphatic carbocycles. The molecule has 2 amide bonds. The highest BCUT2D eigenvalue weighted by Gasteiger charge is 2.69. The van der Waals surface area contributed by atoms with Crippen LogP contribution < -0.4 is 20.1 Å². The van der Waals surface area contributed by atoms with Gasteiger partial charge in [0.05, 0.1) is 12.7 Å². The summed E-state index contributed by atoms with van der Waals surface area (Å²) in [5.41, 5.74) is 1.75. The Labute approximate surface area is 280 Å². The van der Waals surface area contributed by atoms with Gasteiger partial charge in [-0.15, -0.1) is 0 Å². The van der Waals surface area contributed by atoms with E-state index in [9.17, 15) is 9.59 Å². The summed E-state index contributed by atoms with van der Waals surface area (Å²) in [7, 11) is 0. The van der Waals surface area contributed by atoms with E-state index in [1.54, 1.807) is 0 Å². The lowest BCUT2D eigenvalue weighted by atomic mass is 9.44. The Morgan fingerprint density at radius 3 is 2.55 bits per heavy atom. The maximum Gasteiger partial charge on any atom is 0.231 e.